The van der Waals surface area contributed by atoms with Gasteiger partial charge in [-0.05, 0) is 46.7 Å². The van der Waals surface area contributed by atoms with Crippen LogP contribution in [-0.2, 0) is 0 Å². The first kappa shape index (κ1) is 13.3. The lowest BCUT2D eigenvalue weighted by atomic mass is 10.0. The molecule has 1 aromatic rings. The quantitative estimate of drug-likeness (QED) is 0.878. The number of nitrogens with one attached hydrogen (secondary N) is 1. The van der Waals surface area contributed by atoms with Crippen molar-refractivity contribution in [1.82, 2.24) is 10.3 Å². The molecule has 0 spiro atoms. The van der Waals surface area contributed by atoms with Crippen LogP contribution in [0.5, 0.6) is 0 Å². The summed E-state index contributed by atoms with van der Waals surface area (Å²) in [5, 5.41) is 2.97. The van der Waals surface area contributed by atoms with Crippen LogP contribution in [0.1, 0.15) is 43.0 Å². The van der Waals surface area contributed by atoms with E-state index in [1.54, 1.807) is 12.3 Å². The van der Waals surface area contributed by atoms with Gasteiger partial charge >= 0.3 is 0 Å². The van der Waals surface area contributed by atoms with E-state index >= 15 is 0 Å². The molecule has 1 fully saturated rings. The Morgan fingerprint density at radius 1 is 1.61 bits per heavy atom. The number of pyridine rings is 1. The number of hydrogen-bond acceptors (Lipinski definition) is 3. The number of nitrogens with two attached hydrogens (primary N) is 1. The van der Waals surface area contributed by atoms with Crippen LogP contribution in [0.2, 0.25) is 0 Å². The molecule has 0 saturated heterocycles. The molecular weight excluding hydrogens is 294 g/mol. The largest absolute Gasteiger partial charge is 0.383 e. The van der Waals surface area contributed by atoms with Crippen LogP contribution < -0.4 is 11.1 Å². The summed E-state index contributed by atoms with van der Waals surface area (Å²) >= 11 is 3.29. The fraction of sp³-hybridized carbons (Fsp3) is 0.538. The van der Waals surface area contributed by atoms with Gasteiger partial charge in [-0.3, -0.25) is 4.79 Å². The average Bonchev–Trinajstić information content (AvgIpc) is 3.10. The minimum atomic E-state index is -0.135. The highest BCUT2D eigenvalue weighted by Crippen LogP contribution is 2.48. The van der Waals surface area contributed by atoms with Crippen molar-refractivity contribution in [3.05, 3.63) is 22.3 Å². The van der Waals surface area contributed by atoms with E-state index in [-0.39, 0.29) is 11.7 Å². The molecule has 0 aliphatic heterocycles. The Bertz CT molecular complexity index is 458. The number of carbonyl (C=O) groups is 1. The summed E-state index contributed by atoms with van der Waals surface area (Å²) in [6.45, 7) is 2.92. The van der Waals surface area contributed by atoms with E-state index in [2.05, 4.69) is 33.2 Å². The number of amides is 1. The molecule has 0 aromatic carbocycles. The molecule has 5 heteroatoms. The van der Waals surface area contributed by atoms with Crippen molar-refractivity contribution in [2.24, 2.45) is 5.41 Å². The highest BCUT2D eigenvalue weighted by atomic mass is 79.9. The van der Waals surface area contributed by atoms with E-state index in [1.807, 2.05) is 0 Å². The van der Waals surface area contributed by atoms with Gasteiger partial charge in [-0.2, -0.15) is 0 Å². The summed E-state index contributed by atoms with van der Waals surface area (Å²) in [6.07, 6.45) is 6.36. The lowest BCUT2D eigenvalue weighted by molar-refractivity contribution is 0.0944. The Labute approximate surface area is 115 Å². The van der Waals surface area contributed by atoms with Crippen molar-refractivity contribution in [3.63, 3.8) is 0 Å². The average molecular weight is 312 g/mol. The third-order valence-electron chi connectivity index (χ3n) is 3.49. The topological polar surface area (TPSA) is 68.0 Å². The van der Waals surface area contributed by atoms with E-state index in [1.165, 1.54) is 19.3 Å². The van der Waals surface area contributed by atoms with Crippen molar-refractivity contribution in [2.75, 3.05) is 12.3 Å². The standard InChI is InChI=1S/C13H18BrN3O/c1-2-3-13(4-5-13)8-17-12(18)10-6-9(14)7-16-11(10)15/h6-7H,2-5,8H2,1H3,(H2,15,16)(H,17,18). The van der Waals surface area contributed by atoms with E-state index in [0.29, 0.717) is 11.0 Å². The molecule has 98 valence electrons. The van der Waals surface area contributed by atoms with Gasteiger partial charge in [0.25, 0.3) is 5.91 Å². The molecule has 0 atom stereocenters. The third kappa shape index (κ3) is 3.02. The molecule has 0 bridgehead atoms. The van der Waals surface area contributed by atoms with E-state index in [4.69, 9.17) is 5.73 Å². The molecular formula is C13H18BrN3O. The maximum Gasteiger partial charge on any atom is 0.255 e. The molecule has 18 heavy (non-hydrogen) atoms. The third-order valence-corrected chi connectivity index (χ3v) is 3.92. The molecule has 4 nitrogen and oxygen atoms in total. The number of carbonyl (C=O) groups excluding carboxylic acids is 1. The van der Waals surface area contributed by atoms with Crippen LogP contribution in [0.3, 0.4) is 0 Å². The fourth-order valence-electron chi connectivity index (χ4n) is 2.22. The highest BCUT2D eigenvalue weighted by Gasteiger charge is 2.41. The van der Waals surface area contributed by atoms with Crippen molar-refractivity contribution in [3.8, 4) is 0 Å². The Morgan fingerprint density at radius 2 is 2.33 bits per heavy atom. The van der Waals surface area contributed by atoms with Gasteiger partial charge in [0, 0.05) is 17.2 Å². The first-order valence-corrected chi connectivity index (χ1v) is 7.05. The SMILES string of the molecule is CCCC1(CNC(=O)c2cc(Br)cnc2N)CC1. The van der Waals surface area contributed by atoms with Gasteiger partial charge < -0.3 is 11.1 Å². The maximum absolute atomic E-state index is 12.0. The molecule has 2 rings (SSSR count). The van der Waals surface area contributed by atoms with Gasteiger partial charge in [-0.15, -0.1) is 0 Å². The Hall–Kier alpha value is -1.10. The predicted molar refractivity (Wildman–Crippen MR) is 75.3 cm³/mol. The minimum absolute atomic E-state index is 0.135. The number of halogens is 1. The van der Waals surface area contributed by atoms with Crippen LogP contribution in [-0.4, -0.2) is 17.4 Å². The molecule has 1 aromatic heterocycles. The van der Waals surface area contributed by atoms with Crippen molar-refractivity contribution in [2.45, 2.75) is 32.6 Å². The van der Waals surface area contributed by atoms with Gasteiger partial charge in [0.1, 0.15) is 5.82 Å². The molecule has 1 saturated carbocycles. The normalized spacial score (nSPS) is 16.3. The smallest absolute Gasteiger partial charge is 0.255 e. The summed E-state index contributed by atoms with van der Waals surface area (Å²) in [7, 11) is 0. The molecule has 1 amide bonds. The molecule has 3 N–H and O–H groups in total. The van der Waals surface area contributed by atoms with Gasteiger partial charge in [-0.25, -0.2) is 4.98 Å². The second kappa shape index (κ2) is 5.26. The summed E-state index contributed by atoms with van der Waals surface area (Å²) in [6, 6.07) is 1.71. The van der Waals surface area contributed by atoms with Gasteiger partial charge in [-0.1, -0.05) is 13.3 Å². The second-order valence-electron chi connectivity index (χ2n) is 5.02. The van der Waals surface area contributed by atoms with Crippen molar-refractivity contribution >= 4 is 27.7 Å². The van der Waals surface area contributed by atoms with Gasteiger partial charge in [0.15, 0.2) is 0 Å². The molecule has 0 radical (unpaired) electrons. The first-order chi connectivity index (χ1) is 8.56. The zero-order chi connectivity index (χ0) is 13.2. The van der Waals surface area contributed by atoms with Crippen molar-refractivity contribution < 1.29 is 4.79 Å². The number of anilines is 1. The summed E-state index contributed by atoms with van der Waals surface area (Å²) < 4.78 is 0.761. The van der Waals surface area contributed by atoms with E-state index in [0.717, 1.165) is 17.4 Å². The highest BCUT2D eigenvalue weighted by molar-refractivity contribution is 9.10. The molecule has 0 unspecified atom stereocenters. The van der Waals surface area contributed by atoms with Crippen LogP contribution in [0, 0.1) is 5.41 Å². The molecule has 1 aliphatic carbocycles. The number of nitrogens with zero attached hydrogens (tertiary/aromatic N) is 1. The van der Waals surface area contributed by atoms with Crippen LogP contribution in [0.15, 0.2) is 16.7 Å². The number of aromatic nitrogens is 1. The first-order valence-electron chi connectivity index (χ1n) is 6.25. The Kier molecular flexibility index (Phi) is 3.90. The number of rotatable bonds is 5. The maximum atomic E-state index is 12.0. The van der Waals surface area contributed by atoms with Gasteiger partial charge in [0.05, 0.1) is 5.56 Å². The lowest BCUT2D eigenvalue weighted by Crippen LogP contribution is -2.30. The molecule has 1 heterocycles. The summed E-state index contributed by atoms with van der Waals surface area (Å²) in [4.78, 5) is 16.0. The second-order valence-corrected chi connectivity index (χ2v) is 5.93. The number of nitrogen functional groups attached to an aromatic ring is 1. The van der Waals surface area contributed by atoms with Crippen LogP contribution in [0.4, 0.5) is 5.82 Å². The van der Waals surface area contributed by atoms with Crippen molar-refractivity contribution in [1.29, 1.82) is 0 Å². The Balaban J connectivity index is 1.98. The monoisotopic (exact) mass is 311 g/mol. The van der Waals surface area contributed by atoms with E-state index < -0.39 is 0 Å². The minimum Gasteiger partial charge on any atom is -0.383 e. The summed E-state index contributed by atoms with van der Waals surface area (Å²) in [5.74, 6) is 0.139. The summed E-state index contributed by atoms with van der Waals surface area (Å²) in [5.41, 5.74) is 6.50. The number of hydrogen-bond donors (Lipinski definition) is 2. The predicted octanol–water partition coefficient (Wildman–Crippen LogP) is 2.74. The van der Waals surface area contributed by atoms with Crippen LogP contribution in [0.25, 0.3) is 0 Å². The van der Waals surface area contributed by atoms with Crippen LogP contribution >= 0.6 is 15.9 Å². The Morgan fingerprint density at radius 3 is 2.94 bits per heavy atom. The fourth-order valence-corrected chi connectivity index (χ4v) is 2.55. The zero-order valence-electron chi connectivity index (χ0n) is 10.5. The molecule has 1 aliphatic rings. The lowest BCUT2D eigenvalue weighted by Gasteiger charge is -2.15. The van der Waals surface area contributed by atoms with Gasteiger partial charge in [0.2, 0.25) is 0 Å². The zero-order valence-corrected chi connectivity index (χ0v) is 12.1. The van der Waals surface area contributed by atoms with E-state index in [9.17, 15) is 4.79 Å².